The van der Waals surface area contributed by atoms with Crippen LogP contribution in [0.2, 0.25) is 10.0 Å². The van der Waals surface area contributed by atoms with Gasteiger partial charge in [0.2, 0.25) is 0 Å². The van der Waals surface area contributed by atoms with Crippen molar-refractivity contribution in [1.82, 2.24) is 10.3 Å². The van der Waals surface area contributed by atoms with Crippen molar-refractivity contribution in [2.24, 2.45) is 5.92 Å². The van der Waals surface area contributed by atoms with Crippen molar-refractivity contribution in [1.29, 1.82) is 0 Å². The first-order valence-electron chi connectivity index (χ1n) is 9.32. The van der Waals surface area contributed by atoms with Gasteiger partial charge in [0.25, 0.3) is 0 Å². The van der Waals surface area contributed by atoms with Crippen molar-refractivity contribution >= 4 is 33.0 Å². The van der Waals surface area contributed by atoms with Gasteiger partial charge in [-0.3, -0.25) is 4.98 Å². The quantitative estimate of drug-likeness (QED) is 0.601. The Bertz CT molecular complexity index is 1020. The number of hydrogen-bond acceptors (Lipinski definition) is 4. The van der Waals surface area contributed by atoms with Gasteiger partial charge in [-0.25, -0.2) is 8.42 Å². The average molecular weight is 447 g/mol. The molecule has 150 valence electrons. The van der Waals surface area contributed by atoms with Crippen LogP contribution in [0.1, 0.15) is 17.0 Å². The molecule has 0 bridgehead atoms. The van der Waals surface area contributed by atoms with Crippen molar-refractivity contribution in [3.63, 3.8) is 0 Å². The molecule has 2 heterocycles. The lowest BCUT2D eigenvalue weighted by Gasteiger charge is -2.39. The minimum Gasteiger partial charge on any atom is -0.316 e. The highest BCUT2D eigenvalue weighted by Crippen LogP contribution is 2.40. The second-order valence-electron chi connectivity index (χ2n) is 7.20. The van der Waals surface area contributed by atoms with Crippen molar-refractivity contribution in [3.8, 4) is 0 Å². The maximum absolute atomic E-state index is 13.8. The van der Waals surface area contributed by atoms with Crippen molar-refractivity contribution in [2.75, 3.05) is 13.1 Å². The summed E-state index contributed by atoms with van der Waals surface area (Å²) in [6.45, 7) is 1.31. The molecule has 1 aliphatic heterocycles. The van der Waals surface area contributed by atoms with Crippen LogP contribution < -0.4 is 5.32 Å². The Labute approximate surface area is 180 Å². The average Bonchev–Trinajstić information content (AvgIpc) is 2.69. The molecule has 29 heavy (non-hydrogen) atoms. The van der Waals surface area contributed by atoms with Crippen molar-refractivity contribution in [3.05, 3.63) is 94.2 Å². The fraction of sp³-hybridized carbons (Fsp3) is 0.227. The van der Waals surface area contributed by atoms with E-state index in [1.165, 1.54) is 6.20 Å². The zero-order valence-electron chi connectivity index (χ0n) is 15.5. The molecule has 1 atom stereocenters. The Kier molecular flexibility index (Phi) is 5.93. The molecule has 3 aromatic rings. The standard InChI is InChI=1S/C22H20Cl2N2O2S/c23-18-7-3-15(4-8-18)21(16-5-9-19(24)10-6-16)22(17-12-26-13-17)29(27,28)20-2-1-11-25-14-20/h1-11,14,17,21-22,26H,12-13H2. The highest BCUT2D eigenvalue weighted by Gasteiger charge is 2.44. The first kappa shape index (κ1) is 20.4. The molecule has 1 aliphatic rings. The van der Waals surface area contributed by atoms with Crippen LogP contribution >= 0.6 is 23.2 Å². The van der Waals surface area contributed by atoms with Gasteiger partial charge >= 0.3 is 0 Å². The molecule has 1 fully saturated rings. The van der Waals surface area contributed by atoms with Crippen LogP contribution in [0, 0.1) is 5.92 Å². The van der Waals surface area contributed by atoms with E-state index in [9.17, 15) is 8.42 Å². The molecule has 1 N–H and O–H groups in total. The second kappa shape index (κ2) is 8.44. The van der Waals surface area contributed by atoms with Crippen LogP contribution in [0.3, 0.4) is 0 Å². The fourth-order valence-electron chi connectivity index (χ4n) is 3.83. The summed E-state index contributed by atoms with van der Waals surface area (Å²) in [5.74, 6) is -0.376. The molecule has 0 aliphatic carbocycles. The Morgan fingerprint density at radius 1 is 0.897 bits per heavy atom. The molecule has 0 spiro atoms. The number of halogens is 2. The number of aromatic nitrogens is 1. The molecule has 1 aromatic heterocycles. The number of nitrogens with one attached hydrogen (secondary N) is 1. The van der Waals surface area contributed by atoms with E-state index in [0.717, 1.165) is 11.1 Å². The van der Waals surface area contributed by atoms with Gasteiger partial charge in [0.1, 0.15) is 0 Å². The number of sulfone groups is 1. The third-order valence-electron chi connectivity index (χ3n) is 5.39. The summed E-state index contributed by atoms with van der Waals surface area (Å²) in [7, 11) is -3.65. The highest BCUT2D eigenvalue weighted by molar-refractivity contribution is 7.92. The number of pyridine rings is 1. The first-order valence-corrected chi connectivity index (χ1v) is 11.6. The molecule has 2 aromatic carbocycles. The van der Waals surface area contributed by atoms with Crippen molar-refractivity contribution in [2.45, 2.75) is 16.1 Å². The summed E-state index contributed by atoms with van der Waals surface area (Å²) in [4.78, 5) is 4.28. The van der Waals surface area contributed by atoms with Gasteiger partial charge < -0.3 is 5.32 Å². The van der Waals surface area contributed by atoms with Gasteiger partial charge in [-0.2, -0.15) is 0 Å². The molecule has 4 nitrogen and oxygen atoms in total. The molecule has 7 heteroatoms. The summed E-state index contributed by atoms with van der Waals surface area (Å²) in [6, 6.07) is 18.1. The highest BCUT2D eigenvalue weighted by atomic mass is 35.5. The normalized spacial score (nSPS) is 15.8. The minimum absolute atomic E-state index is 0.0171. The third kappa shape index (κ3) is 4.19. The van der Waals surface area contributed by atoms with E-state index in [2.05, 4.69) is 10.3 Å². The molecule has 0 amide bonds. The maximum atomic E-state index is 13.8. The molecule has 0 radical (unpaired) electrons. The zero-order valence-corrected chi connectivity index (χ0v) is 17.8. The summed E-state index contributed by atoms with van der Waals surface area (Å²) in [5, 5.41) is 3.80. The monoisotopic (exact) mass is 446 g/mol. The van der Waals surface area contributed by atoms with Crippen molar-refractivity contribution < 1.29 is 8.42 Å². The predicted octanol–water partition coefficient (Wildman–Crippen LogP) is 4.58. The topological polar surface area (TPSA) is 59.1 Å². The molecule has 4 rings (SSSR count). The van der Waals surface area contributed by atoms with E-state index in [1.807, 2.05) is 24.3 Å². The zero-order chi connectivity index (χ0) is 20.4. The predicted molar refractivity (Wildman–Crippen MR) is 116 cm³/mol. The lowest BCUT2D eigenvalue weighted by Crippen LogP contribution is -2.53. The van der Waals surface area contributed by atoms with E-state index in [0.29, 0.717) is 23.1 Å². The van der Waals surface area contributed by atoms with E-state index in [4.69, 9.17) is 23.2 Å². The molecule has 1 unspecified atom stereocenters. The largest absolute Gasteiger partial charge is 0.316 e. The number of hydrogen-bond donors (Lipinski definition) is 1. The van der Waals surface area contributed by atoms with Gasteiger partial charge in [-0.05, 0) is 47.5 Å². The van der Waals surface area contributed by atoms with Crippen LogP contribution in [0.5, 0.6) is 0 Å². The van der Waals surface area contributed by atoms with Gasteiger partial charge in [-0.1, -0.05) is 47.5 Å². The second-order valence-corrected chi connectivity index (χ2v) is 10.2. The molecular formula is C22H20Cl2N2O2S. The Hall–Kier alpha value is -1.92. The van der Waals surface area contributed by atoms with Gasteiger partial charge in [0.15, 0.2) is 9.84 Å². The Morgan fingerprint density at radius 3 is 1.86 bits per heavy atom. The summed E-state index contributed by atoms with van der Waals surface area (Å²) < 4.78 is 27.5. The van der Waals surface area contributed by atoms with Crippen LogP contribution in [0.15, 0.2) is 78.0 Å². The van der Waals surface area contributed by atoms with Crippen LogP contribution in [-0.2, 0) is 9.84 Å². The molecule has 0 saturated carbocycles. The summed E-state index contributed by atoms with van der Waals surface area (Å²) >= 11 is 12.2. The lowest BCUT2D eigenvalue weighted by molar-refractivity contribution is 0.315. The van der Waals surface area contributed by atoms with E-state index in [-0.39, 0.29) is 16.7 Å². The van der Waals surface area contributed by atoms with Gasteiger partial charge in [0, 0.05) is 47.4 Å². The number of benzene rings is 2. The van der Waals surface area contributed by atoms with Crippen LogP contribution in [0.25, 0.3) is 0 Å². The smallest absolute Gasteiger partial charge is 0.184 e. The van der Waals surface area contributed by atoms with Crippen LogP contribution in [-0.4, -0.2) is 31.7 Å². The van der Waals surface area contributed by atoms with E-state index < -0.39 is 15.1 Å². The first-order chi connectivity index (χ1) is 14.0. The van der Waals surface area contributed by atoms with E-state index >= 15 is 0 Å². The number of nitrogens with zero attached hydrogens (tertiary/aromatic N) is 1. The van der Waals surface area contributed by atoms with E-state index in [1.54, 1.807) is 42.6 Å². The van der Waals surface area contributed by atoms with Crippen LogP contribution in [0.4, 0.5) is 0 Å². The summed E-state index contributed by atoms with van der Waals surface area (Å²) in [6.07, 6.45) is 3.00. The molecule has 1 saturated heterocycles. The summed E-state index contributed by atoms with van der Waals surface area (Å²) in [5.41, 5.74) is 1.81. The SMILES string of the molecule is O=S(=O)(c1cccnc1)C(C1CNC1)C(c1ccc(Cl)cc1)c1ccc(Cl)cc1. The Morgan fingerprint density at radius 2 is 1.45 bits per heavy atom. The fourth-order valence-corrected chi connectivity index (χ4v) is 6.25. The maximum Gasteiger partial charge on any atom is 0.184 e. The lowest BCUT2D eigenvalue weighted by atomic mass is 9.81. The Balaban J connectivity index is 1.89. The van der Waals surface area contributed by atoms with Gasteiger partial charge in [0.05, 0.1) is 10.1 Å². The third-order valence-corrected chi connectivity index (χ3v) is 8.16. The minimum atomic E-state index is -3.65. The number of rotatable bonds is 6. The van der Waals surface area contributed by atoms with Gasteiger partial charge in [-0.15, -0.1) is 0 Å². The molecular weight excluding hydrogens is 427 g/mol.